The second-order valence-electron chi connectivity index (χ2n) is 6.31. The summed E-state index contributed by atoms with van der Waals surface area (Å²) >= 11 is 0. The second-order valence-corrected chi connectivity index (χ2v) is 6.31. The fourth-order valence-electron chi connectivity index (χ4n) is 3.55. The predicted octanol–water partition coefficient (Wildman–Crippen LogP) is 2.12. The molecule has 0 radical (unpaired) electrons. The lowest BCUT2D eigenvalue weighted by Crippen LogP contribution is -2.57. The van der Waals surface area contributed by atoms with Crippen molar-refractivity contribution >= 4 is 18.3 Å². The quantitative estimate of drug-likeness (QED) is 0.895. The number of hydrogen-bond donors (Lipinski definition) is 1. The van der Waals surface area contributed by atoms with Crippen LogP contribution < -0.4 is 5.32 Å². The van der Waals surface area contributed by atoms with E-state index in [9.17, 15) is 9.18 Å². The average molecular weight is 343 g/mol. The SMILES string of the molecule is CC1CN(C(=O)C2(c3cccc(F)c3)CCOCC2)CCN1.Cl. The second kappa shape index (κ2) is 7.60. The molecule has 4 nitrogen and oxygen atoms in total. The summed E-state index contributed by atoms with van der Waals surface area (Å²) in [6, 6.07) is 6.79. The van der Waals surface area contributed by atoms with E-state index in [1.807, 2.05) is 11.0 Å². The van der Waals surface area contributed by atoms with Gasteiger partial charge in [0.1, 0.15) is 5.82 Å². The Labute approximate surface area is 142 Å². The van der Waals surface area contributed by atoms with Crippen LogP contribution in [-0.2, 0) is 14.9 Å². The highest BCUT2D eigenvalue weighted by atomic mass is 35.5. The Morgan fingerprint density at radius 1 is 1.39 bits per heavy atom. The van der Waals surface area contributed by atoms with Crippen molar-refractivity contribution in [3.05, 3.63) is 35.6 Å². The zero-order chi connectivity index (χ0) is 15.6. The Balaban J connectivity index is 0.00000192. The molecule has 2 fully saturated rings. The number of halogens is 2. The molecule has 3 rings (SSSR count). The van der Waals surface area contributed by atoms with Gasteiger partial charge in [-0.2, -0.15) is 0 Å². The van der Waals surface area contributed by atoms with Gasteiger partial charge in [0.15, 0.2) is 0 Å². The highest BCUT2D eigenvalue weighted by Gasteiger charge is 2.44. The molecule has 0 spiro atoms. The highest BCUT2D eigenvalue weighted by molar-refractivity contribution is 5.88. The molecule has 2 saturated heterocycles. The van der Waals surface area contributed by atoms with Crippen LogP contribution in [0.25, 0.3) is 0 Å². The maximum atomic E-state index is 13.7. The lowest BCUT2D eigenvalue weighted by molar-refractivity contribution is -0.142. The number of carbonyl (C=O) groups is 1. The summed E-state index contributed by atoms with van der Waals surface area (Å²) in [5.74, 6) is -0.167. The van der Waals surface area contributed by atoms with Gasteiger partial charge >= 0.3 is 0 Å². The van der Waals surface area contributed by atoms with E-state index in [1.165, 1.54) is 12.1 Å². The summed E-state index contributed by atoms with van der Waals surface area (Å²) in [7, 11) is 0. The first-order chi connectivity index (χ1) is 10.6. The number of amides is 1. The van der Waals surface area contributed by atoms with Gasteiger partial charge in [-0.1, -0.05) is 12.1 Å². The minimum Gasteiger partial charge on any atom is -0.381 e. The van der Waals surface area contributed by atoms with E-state index in [0.29, 0.717) is 45.2 Å². The van der Waals surface area contributed by atoms with Gasteiger partial charge < -0.3 is 15.0 Å². The highest BCUT2D eigenvalue weighted by Crippen LogP contribution is 2.37. The van der Waals surface area contributed by atoms with Gasteiger partial charge in [0.05, 0.1) is 5.41 Å². The molecule has 1 N–H and O–H groups in total. The van der Waals surface area contributed by atoms with Crippen molar-refractivity contribution in [2.45, 2.75) is 31.2 Å². The number of ether oxygens (including phenoxy) is 1. The van der Waals surface area contributed by atoms with Crippen molar-refractivity contribution in [1.82, 2.24) is 10.2 Å². The molecule has 6 heteroatoms. The number of nitrogens with zero attached hydrogens (tertiary/aromatic N) is 1. The molecule has 1 unspecified atom stereocenters. The van der Waals surface area contributed by atoms with Gasteiger partial charge in [0.25, 0.3) is 0 Å². The molecule has 1 aromatic rings. The molecular weight excluding hydrogens is 319 g/mol. The zero-order valence-corrected chi connectivity index (χ0v) is 14.2. The molecule has 0 aromatic heterocycles. The van der Waals surface area contributed by atoms with Crippen LogP contribution in [0, 0.1) is 5.82 Å². The topological polar surface area (TPSA) is 41.6 Å². The maximum Gasteiger partial charge on any atom is 0.233 e. The molecule has 2 aliphatic heterocycles. The molecule has 2 aliphatic rings. The molecule has 0 aliphatic carbocycles. The molecule has 0 saturated carbocycles. The number of rotatable bonds is 2. The fourth-order valence-corrected chi connectivity index (χ4v) is 3.55. The third kappa shape index (κ3) is 3.67. The minimum atomic E-state index is -0.641. The lowest BCUT2D eigenvalue weighted by Gasteiger charge is -2.42. The van der Waals surface area contributed by atoms with Gasteiger partial charge in [-0.15, -0.1) is 12.4 Å². The van der Waals surface area contributed by atoms with Gasteiger partial charge in [-0.05, 0) is 37.5 Å². The zero-order valence-electron chi connectivity index (χ0n) is 13.4. The first kappa shape index (κ1) is 18.2. The number of carbonyl (C=O) groups excluding carboxylic acids is 1. The third-order valence-corrected chi connectivity index (χ3v) is 4.79. The van der Waals surface area contributed by atoms with Gasteiger partial charge in [-0.3, -0.25) is 4.79 Å². The van der Waals surface area contributed by atoms with Crippen LogP contribution in [0.3, 0.4) is 0 Å². The van der Waals surface area contributed by atoms with Crippen molar-refractivity contribution < 1.29 is 13.9 Å². The van der Waals surface area contributed by atoms with Crippen molar-refractivity contribution in [3.63, 3.8) is 0 Å². The molecule has 1 aromatic carbocycles. The van der Waals surface area contributed by atoms with Crippen LogP contribution in [0.5, 0.6) is 0 Å². The summed E-state index contributed by atoms with van der Waals surface area (Å²) in [6.07, 6.45) is 1.24. The Morgan fingerprint density at radius 3 is 2.78 bits per heavy atom. The Bertz CT molecular complexity index is 549. The molecular formula is C17H24ClFN2O2. The van der Waals surface area contributed by atoms with Gasteiger partial charge in [0, 0.05) is 38.9 Å². The molecule has 23 heavy (non-hydrogen) atoms. The lowest BCUT2D eigenvalue weighted by atomic mass is 9.72. The van der Waals surface area contributed by atoms with E-state index < -0.39 is 5.41 Å². The summed E-state index contributed by atoms with van der Waals surface area (Å²) in [5, 5.41) is 3.35. The predicted molar refractivity (Wildman–Crippen MR) is 89.4 cm³/mol. The van der Waals surface area contributed by atoms with Crippen molar-refractivity contribution in [1.29, 1.82) is 0 Å². The smallest absolute Gasteiger partial charge is 0.233 e. The van der Waals surface area contributed by atoms with E-state index in [2.05, 4.69) is 12.2 Å². The molecule has 128 valence electrons. The van der Waals surface area contributed by atoms with E-state index in [1.54, 1.807) is 6.07 Å². The van der Waals surface area contributed by atoms with E-state index in [-0.39, 0.29) is 24.1 Å². The minimum absolute atomic E-state index is 0. The van der Waals surface area contributed by atoms with Crippen LogP contribution in [0.4, 0.5) is 4.39 Å². The summed E-state index contributed by atoms with van der Waals surface area (Å²) in [5.41, 5.74) is 0.143. The van der Waals surface area contributed by atoms with E-state index >= 15 is 0 Å². The number of benzene rings is 1. The first-order valence-corrected chi connectivity index (χ1v) is 7.98. The molecule has 2 heterocycles. The molecule has 1 amide bonds. The van der Waals surface area contributed by atoms with Crippen LogP contribution in [0.2, 0.25) is 0 Å². The number of nitrogens with one attached hydrogen (secondary N) is 1. The Kier molecular flexibility index (Phi) is 6.00. The van der Waals surface area contributed by atoms with Crippen molar-refractivity contribution in [2.75, 3.05) is 32.8 Å². The first-order valence-electron chi connectivity index (χ1n) is 7.98. The number of piperazine rings is 1. The maximum absolute atomic E-state index is 13.7. The van der Waals surface area contributed by atoms with Crippen LogP contribution in [0.15, 0.2) is 24.3 Å². The normalized spacial score (nSPS) is 23.9. The van der Waals surface area contributed by atoms with Gasteiger partial charge in [0.2, 0.25) is 5.91 Å². The van der Waals surface area contributed by atoms with Crippen LogP contribution in [0.1, 0.15) is 25.3 Å². The summed E-state index contributed by atoms with van der Waals surface area (Å²) < 4.78 is 19.2. The van der Waals surface area contributed by atoms with Crippen LogP contribution >= 0.6 is 12.4 Å². The monoisotopic (exact) mass is 342 g/mol. The van der Waals surface area contributed by atoms with Crippen molar-refractivity contribution in [3.8, 4) is 0 Å². The largest absolute Gasteiger partial charge is 0.381 e. The number of hydrogen-bond acceptors (Lipinski definition) is 3. The molecule has 1 atom stereocenters. The summed E-state index contributed by atoms with van der Waals surface area (Å²) in [6.45, 7) is 5.40. The van der Waals surface area contributed by atoms with Gasteiger partial charge in [-0.25, -0.2) is 4.39 Å². The van der Waals surface area contributed by atoms with Crippen LogP contribution in [-0.4, -0.2) is 49.7 Å². The Morgan fingerprint density at radius 2 is 2.13 bits per heavy atom. The standard InChI is InChI=1S/C17H23FN2O2.ClH/c1-13-12-20(8-7-19-13)16(21)17(5-9-22-10-6-17)14-3-2-4-15(18)11-14;/h2-4,11,13,19H,5-10,12H2,1H3;1H. The van der Waals surface area contributed by atoms with E-state index in [0.717, 1.165) is 12.1 Å². The van der Waals surface area contributed by atoms with E-state index in [4.69, 9.17) is 4.74 Å². The fraction of sp³-hybridized carbons (Fsp3) is 0.588. The summed E-state index contributed by atoms with van der Waals surface area (Å²) in [4.78, 5) is 15.2. The molecule has 0 bridgehead atoms. The third-order valence-electron chi connectivity index (χ3n) is 4.79. The average Bonchev–Trinajstić information content (AvgIpc) is 2.55. The van der Waals surface area contributed by atoms with Crippen molar-refractivity contribution in [2.24, 2.45) is 0 Å². The Hall–Kier alpha value is -1.17.